The number of sulfone groups is 1. The highest BCUT2D eigenvalue weighted by Crippen LogP contribution is 2.21. The van der Waals surface area contributed by atoms with Gasteiger partial charge in [-0.1, -0.05) is 6.07 Å². The number of anilines is 1. The average Bonchev–Trinajstić information content (AvgIpc) is 2.27. The number of benzene rings is 1. The summed E-state index contributed by atoms with van der Waals surface area (Å²) < 4.78 is 47.3. The lowest BCUT2D eigenvalue weighted by molar-refractivity contribution is 0.235. The molecule has 0 radical (unpaired) electrons. The van der Waals surface area contributed by atoms with E-state index in [2.05, 4.69) is 10.6 Å². The molecular weight excluding hydrogens is 278 g/mol. The van der Waals surface area contributed by atoms with Crippen LogP contribution in [0.25, 0.3) is 0 Å². The van der Waals surface area contributed by atoms with Gasteiger partial charge in [0.2, 0.25) is 9.84 Å². The molecular formula is C11H14F2N2O3S. The molecule has 0 aliphatic carbocycles. The van der Waals surface area contributed by atoms with Crippen molar-refractivity contribution in [1.29, 1.82) is 0 Å². The van der Waals surface area contributed by atoms with Gasteiger partial charge in [-0.25, -0.2) is 13.2 Å². The first-order valence-corrected chi connectivity index (χ1v) is 6.97. The summed E-state index contributed by atoms with van der Waals surface area (Å²) in [5, 5.41) is 4.89. The Bertz CT molecular complexity index is 559. The maximum atomic E-state index is 12.4. The average molecular weight is 292 g/mol. The smallest absolute Gasteiger partial charge is 0.336 e. The molecule has 2 amide bonds. The van der Waals surface area contributed by atoms with Crippen LogP contribution in [0.3, 0.4) is 0 Å². The number of amides is 2. The first-order valence-electron chi connectivity index (χ1n) is 5.43. The van der Waals surface area contributed by atoms with Crippen LogP contribution in [-0.2, 0) is 9.84 Å². The molecule has 0 atom stereocenters. The van der Waals surface area contributed by atoms with Crippen molar-refractivity contribution in [1.82, 2.24) is 5.32 Å². The van der Waals surface area contributed by atoms with Crippen LogP contribution in [0.5, 0.6) is 0 Å². The zero-order chi connectivity index (χ0) is 14.6. The van der Waals surface area contributed by atoms with Gasteiger partial charge in [0.05, 0.1) is 4.90 Å². The molecule has 0 aromatic heterocycles. The molecule has 1 aromatic rings. The first-order chi connectivity index (χ1) is 8.73. The molecule has 1 rings (SSSR count). The summed E-state index contributed by atoms with van der Waals surface area (Å²) in [6.45, 7) is 3.49. The van der Waals surface area contributed by atoms with Crippen LogP contribution < -0.4 is 10.6 Å². The van der Waals surface area contributed by atoms with E-state index in [-0.39, 0.29) is 11.7 Å². The topological polar surface area (TPSA) is 75.3 Å². The standard InChI is InChI=1S/C11H14F2N2O3S/c1-7(2)14-11(16)15-8-4-3-5-9(6-8)19(17,18)10(12)13/h3-7,10H,1-2H3,(H2,14,15,16). The minimum Gasteiger partial charge on any atom is -0.336 e. The molecule has 0 unspecified atom stereocenters. The number of hydrogen-bond acceptors (Lipinski definition) is 3. The predicted octanol–water partition coefficient (Wildman–Crippen LogP) is 2.21. The molecule has 0 fully saturated rings. The fraction of sp³-hybridized carbons (Fsp3) is 0.364. The van der Waals surface area contributed by atoms with Gasteiger partial charge < -0.3 is 10.6 Å². The summed E-state index contributed by atoms with van der Waals surface area (Å²) >= 11 is 0. The van der Waals surface area contributed by atoms with Gasteiger partial charge in [0.1, 0.15) is 0 Å². The second kappa shape index (κ2) is 5.96. The van der Waals surface area contributed by atoms with Gasteiger partial charge >= 0.3 is 11.8 Å². The largest absolute Gasteiger partial charge is 0.341 e. The molecule has 19 heavy (non-hydrogen) atoms. The molecule has 106 valence electrons. The van der Waals surface area contributed by atoms with E-state index in [1.54, 1.807) is 13.8 Å². The number of alkyl halides is 2. The van der Waals surface area contributed by atoms with E-state index in [9.17, 15) is 22.0 Å². The second-order valence-corrected chi connectivity index (χ2v) is 6.00. The molecule has 0 saturated heterocycles. The predicted molar refractivity (Wildman–Crippen MR) is 66.9 cm³/mol. The molecule has 5 nitrogen and oxygen atoms in total. The monoisotopic (exact) mass is 292 g/mol. The van der Waals surface area contributed by atoms with Crippen LogP contribution in [0.15, 0.2) is 29.2 Å². The third-order valence-corrected chi connectivity index (χ3v) is 3.45. The van der Waals surface area contributed by atoms with E-state index >= 15 is 0 Å². The Kier molecular flexibility index (Phi) is 4.82. The summed E-state index contributed by atoms with van der Waals surface area (Å²) in [6.07, 6.45) is 0. The highest BCUT2D eigenvalue weighted by molar-refractivity contribution is 7.91. The Hall–Kier alpha value is -1.70. The van der Waals surface area contributed by atoms with Crippen molar-refractivity contribution in [2.45, 2.75) is 30.5 Å². The lowest BCUT2D eigenvalue weighted by Gasteiger charge is -2.11. The first kappa shape index (κ1) is 15.4. The quantitative estimate of drug-likeness (QED) is 0.893. The van der Waals surface area contributed by atoms with E-state index in [1.165, 1.54) is 12.1 Å². The maximum Gasteiger partial charge on any atom is 0.341 e. The molecule has 0 bridgehead atoms. The number of urea groups is 1. The number of halogens is 2. The van der Waals surface area contributed by atoms with Crippen LogP contribution in [0.4, 0.5) is 19.3 Å². The van der Waals surface area contributed by atoms with Crippen LogP contribution in [0.1, 0.15) is 13.8 Å². The summed E-state index contributed by atoms with van der Waals surface area (Å²) in [5.74, 6) is -3.49. The van der Waals surface area contributed by atoms with E-state index in [1.807, 2.05) is 0 Å². The number of hydrogen-bond donors (Lipinski definition) is 2. The van der Waals surface area contributed by atoms with E-state index in [0.717, 1.165) is 12.1 Å². The minimum absolute atomic E-state index is 0.104. The lowest BCUT2D eigenvalue weighted by Crippen LogP contribution is -2.34. The van der Waals surface area contributed by atoms with Crippen molar-refractivity contribution in [3.05, 3.63) is 24.3 Å². The lowest BCUT2D eigenvalue weighted by atomic mass is 10.3. The second-order valence-electron chi connectivity index (χ2n) is 4.09. The van der Waals surface area contributed by atoms with Crippen molar-refractivity contribution in [3.63, 3.8) is 0 Å². The van der Waals surface area contributed by atoms with Gasteiger partial charge in [-0.05, 0) is 32.0 Å². The van der Waals surface area contributed by atoms with Gasteiger partial charge in [0, 0.05) is 11.7 Å². The zero-order valence-corrected chi connectivity index (χ0v) is 11.2. The van der Waals surface area contributed by atoms with Crippen LogP contribution in [0, 0.1) is 0 Å². The van der Waals surface area contributed by atoms with Gasteiger partial charge in [0.15, 0.2) is 0 Å². The Morgan fingerprint density at radius 1 is 1.26 bits per heavy atom. The third-order valence-electron chi connectivity index (χ3n) is 2.07. The van der Waals surface area contributed by atoms with Gasteiger partial charge in [-0.3, -0.25) is 0 Å². The van der Waals surface area contributed by atoms with Crippen LogP contribution in [0.2, 0.25) is 0 Å². The maximum absolute atomic E-state index is 12.4. The highest BCUT2D eigenvalue weighted by Gasteiger charge is 2.26. The fourth-order valence-electron chi connectivity index (χ4n) is 1.28. The summed E-state index contributed by atoms with van der Waals surface area (Å²) in [5.41, 5.74) is 0.125. The molecule has 8 heteroatoms. The number of rotatable bonds is 4. The fourth-order valence-corrected chi connectivity index (χ4v) is 2.05. The van der Waals surface area contributed by atoms with Crippen molar-refractivity contribution in [3.8, 4) is 0 Å². The molecule has 1 aromatic carbocycles. The Morgan fingerprint density at radius 2 is 1.89 bits per heavy atom. The molecule has 0 aliphatic rings. The van der Waals surface area contributed by atoms with Crippen molar-refractivity contribution >= 4 is 21.6 Å². The Labute approximate surface area is 109 Å². The molecule has 0 saturated carbocycles. The number of carbonyl (C=O) groups excluding carboxylic acids is 1. The van der Waals surface area contributed by atoms with Crippen LogP contribution >= 0.6 is 0 Å². The van der Waals surface area contributed by atoms with Gasteiger partial charge in [-0.2, -0.15) is 8.78 Å². The third kappa shape index (κ3) is 4.16. The van der Waals surface area contributed by atoms with E-state index in [0.29, 0.717) is 0 Å². The molecule has 0 aliphatic heterocycles. The van der Waals surface area contributed by atoms with E-state index in [4.69, 9.17) is 0 Å². The molecule has 0 heterocycles. The number of nitrogens with one attached hydrogen (secondary N) is 2. The summed E-state index contributed by atoms with van der Waals surface area (Å²) in [4.78, 5) is 10.9. The Morgan fingerprint density at radius 3 is 2.42 bits per heavy atom. The molecule has 0 spiro atoms. The van der Waals surface area contributed by atoms with Gasteiger partial charge in [0.25, 0.3) is 0 Å². The Balaban J connectivity index is 2.93. The highest BCUT2D eigenvalue weighted by atomic mass is 32.2. The van der Waals surface area contributed by atoms with Gasteiger partial charge in [-0.15, -0.1) is 0 Å². The number of carbonyl (C=O) groups is 1. The minimum atomic E-state index is -4.66. The van der Waals surface area contributed by atoms with E-state index < -0.39 is 26.5 Å². The van der Waals surface area contributed by atoms with Crippen molar-refractivity contribution in [2.75, 3.05) is 5.32 Å². The normalized spacial score (nSPS) is 11.7. The summed E-state index contributed by atoms with van der Waals surface area (Å²) in [7, 11) is -4.66. The molecule has 2 N–H and O–H groups in total. The van der Waals surface area contributed by atoms with Crippen molar-refractivity contribution < 1.29 is 22.0 Å². The SMILES string of the molecule is CC(C)NC(=O)Nc1cccc(S(=O)(=O)C(F)F)c1. The summed E-state index contributed by atoms with van der Waals surface area (Å²) in [6, 6.07) is 4.08. The van der Waals surface area contributed by atoms with Crippen molar-refractivity contribution in [2.24, 2.45) is 0 Å². The zero-order valence-electron chi connectivity index (χ0n) is 10.4. The van der Waals surface area contributed by atoms with Crippen LogP contribution in [-0.4, -0.2) is 26.2 Å².